The molecule has 0 saturated carbocycles. The van der Waals surface area contributed by atoms with Gasteiger partial charge in [-0.1, -0.05) is 5.21 Å². The van der Waals surface area contributed by atoms with Crippen LogP contribution < -0.4 is 9.46 Å². The van der Waals surface area contributed by atoms with E-state index < -0.39 is 10.0 Å². The maximum absolute atomic E-state index is 12.2. The van der Waals surface area contributed by atoms with E-state index in [2.05, 4.69) is 25.3 Å². The lowest BCUT2D eigenvalue weighted by molar-refractivity contribution is 0.240. The first-order chi connectivity index (χ1) is 9.88. The van der Waals surface area contributed by atoms with Gasteiger partial charge < -0.3 is 4.74 Å². The van der Waals surface area contributed by atoms with Gasteiger partial charge in [-0.15, -0.1) is 10.2 Å². The van der Waals surface area contributed by atoms with Gasteiger partial charge in [0.05, 0.1) is 17.5 Å². The Balaban J connectivity index is 2.14. The fourth-order valence-electron chi connectivity index (χ4n) is 1.68. The summed E-state index contributed by atoms with van der Waals surface area (Å²) in [5.74, 6) is 0.942. The largest absolute Gasteiger partial charge is 0.491 e. The standard InChI is InChI=1S/C12H17N5O3S/c1-8(2)20-11-5-4-10(6-9(11)3)21(18,19)13-7-12-14-16-17-15-12/h4-6,8,13H,7H2,1-3H3,(H,14,15,16,17). The van der Waals surface area contributed by atoms with Crippen molar-refractivity contribution in [3.63, 3.8) is 0 Å². The van der Waals surface area contributed by atoms with Crippen molar-refractivity contribution in [2.75, 3.05) is 0 Å². The highest BCUT2D eigenvalue weighted by atomic mass is 32.2. The summed E-state index contributed by atoms with van der Waals surface area (Å²) >= 11 is 0. The van der Waals surface area contributed by atoms with Crippen molar-refractivity contribution in [3.05, 3.63) is 29.6 Å². The molecule has 21 heavy (non-hydrogen) atoms. The van der Waals surface area contributed by atoms with Gasteiger partial charge in [-0.3, -0.25) is 0 Å². The van der Waals surface area contributed by atoms with Gasteiger partial charge in [0.1, 0.15) is 5.75 Å². The third-order valence-electron chi connectivity index (χ3n) is 2.63. The number of sulfonamides is 1. The average Bonchev–Trinajstić information content (AvgIpc) is 2.91. The number of aryl methyl sites for hydroxylation is 1. The van der Waals surface area contributed by atoms with Crippen LogP contribution in [0.1, 0.15) is 25.2 Å². The van der Waals surface area contributed by atoms with Crippen molar-refractivity contribution in [1.82, 2.24) is 25.3 Å². The van der Waals surface area contributed by atoms with Crippen LogP contribution in [-0.2, 0) is 16.6 Å². The molecule has 2 rings (SSSR count). The zero-order chi connectivity index (χ0) is 15.5. The van der Waals surface area contributed by atoms with E-state index in [9.17, 15) is 8.42 Å². The van der Waals surface area contributed by atoms with Crippen LogP contribution in [0, 0.1) is 6.92 Å². The van der Waals surface area contributed by atoms with E-state index in [-0.39, 0.29) is 23.4 Å². The number of rotatable bonds is 6. The summed E-state index contributed by atoms with van der Waals surface area (Å²) in [4.78, 5) is 0.166. The second-order valence-electron chi connectivity index (χ2n) is 4.75. The lowest BCUT2D eigenvalue weighted by atomic mass is 10.2. The molecule has 1 aromatic carbocycles. The summed E-state index contributed by atoms with van der Waals surface area (Å²) in [6.45, 7) is 5.60. The molecule has 1 heterocycles. The summed E-state index contributed by atoms with van der Waals surface area (Å²) < 4.78 is 32.3. The summed E-state index contributed by atoms with van der Waals surface area (Å²) in [5.41, 5.74) is 0.756. The smallest absolute Gasteiger partial charge is 0.240 e. The molecule has 0 atom stereocenters. The molecule has 9 heteroatoms. The van der Waals surface area contributed by atoms with Crippen molar-refractivity contribution in [2.45, 2.75) is 38.3 Å². The molecule has 0 aliphatic rings. The number of aromatic nitrogens is 4. The van der Waals surface area contributed by atoms with E-state index in [0.717, 1.165) is 5.56 Å². The van der Waals surface area contributed by atoms with Gasteiger partial charge in [0, 0.05) is 0 Å². The quantitative estimate of drug-likeness (QED) is 0.815. The Morgan fingerprint density at radius 1 is 1.38 bits per heavy atom. The molecule has 0 radical (unpaired) electrons. The Hall–Kier alpha value is -2.00. The van der Waals surface area contributed by atoms with E-state index in [1.807, 2.05) is 13.8 Å². The van der Waals surface area contributed by atoms with Crippen molar-refractivity contribution in [2.24, 2.45) is 0 Å². The predicted octanol–water partition coefficient (Wildman–Crippen LogP) is 0.774. The van der Waals surface area contributed by atoms with Gasteiger partial charge in [0.2, 0.25) is 10.0 Å². The normalized spacial score (nSPS) is 11.8. The number of nitrogens with one attached hydrogen (secondary N) is 2. The highest BCUT2D eigenvalue weighted by Gasteiger charge is 2.16. The number of aromatic amines is 1. The average molecular weight is 311 g/mol. The number of benzene rings is 1. The first-order valence-corrected chi connectivity index (χ1v) is 7.86. The molecule has 0 amide bonds. The summed E-state index contributed by atoms with van der Waals surface area (Å²) in [6.07, 6.45) is 0.0301. The minimum absolute atomic E-state index is 0.0257. The van der Waals surface area contributed by atoms with Gasteiger partial charge in [-0.2, -0.15) is 5.21 Å². The van der Waals surface area contributed by atoms with Gasteiger partial charge in [-0.25, -0.2) is 13.1 Å². The SMILES string of the molecule is Cc1cc(S(=O)(=O)NCc2nn[nH]n2)ccc1OC(C)C. The van der Waals surface area contributed by atoms with Crippen LogP contribution >= 0.6 is 0 Å². The highest BCUT2D eigenvalue weighted by molar-refractivity contribution is 7.89. The molecule has 0 spiro atoms. The highest BCUT2D eigenvalue weighted by Crippen LogP contribution is 2.22. The molecule has 0 aliphatic carbocycles. The molecule has 0 unspecified atom stereocenters. The van der Waals surface area contributed by atoms with E-state index in [0.29, 0.717) is 5.75 Å². The lowest BCUT2D eigenvalue weighted by Gasteiger charge is -2.13. The van der Waals surface area contributed by atoms with Crippen LogP contribution in [0.15, 0.2) is 23.1 Å². The van der Waals surface area contributed by atoms with Gasteiger partial charge in [0.25, 0.3) is 0 Å². The summed E-state index contributed by atoms with van der Waals surface area (Å²) in [7, 11) is -3.63. The monoisotopic (exact) mass is 311 g/mol. The molecule has 0 fully saturated rings. The first-order valence-electron chi connectivity index (χ1n) is 6.38. The molecule has 0 aliphatic heterocycles. The van der Waals surface area contributed by atoms with Crippen LogP contribution in [0.5, 0.6) is 5.75 Å². The summed E-state index contributed by atoms with van der Waals surface area (Å²) in [5, 5.41) is 13.0. The molecular formula is C12H17N5O3S. The number of ether oxygens (including phenoxy) is 1. The van der Waals surface area contributed by atoms with Crippen molar-refractivity contribution in [1.29, 1.82) is 0 Å². The Bertz CT molecular complexity index is 698. The molecule has 114 valence electrons. The Kier molecular flexibility index (Phi) is 4.53. The van der Waals surface area contributed by atoms with Crippen LogP contribution in [0.25, 0.3) is 0 Å². The zero-order valence-electron chi connectivity index (χ0n) is 12.0. The molecule has 2 N–H and O–H groups in total. The second-order valence-corrected chi connectivity index (χ2v) is 6.51. The van der Waals surface area contributed by atoms with Crippen LogP contribution in [0.2, 0.25) is 0 Å². The van der Waals surface area contributed by atoms with Gasteiger partial charge in [0.15, 0.2) is 5.82 Å². The molecular weight excluding hydrogens is 294 g/mol. The fourth-order valence-corrected chi connectivity index (χ4v) is 2.74. The number of hydrogen-bond donors (Lipinski definition) is 2. The van der Waals surface area contributed by atoms with E-state index in [4.69, 9.17) is 4.74 Å². The number of H-pyrrole nitrogens is 1. The van der Waals surface area contributed by atoms with Gasteiger partial charge >= 0.3 is 0 Å². The number of hydrogen-bond acceptors (Lipinski definition) is 6. The minimum Gasteiger partial charge on any atom is -0.491 e. The Labute approximate surface area is 123 Å². The third-order valence-corrected chi connectivity index (χ3v) is 4.03. The molecule has 1 aromatic heterocycles. The van der Waals surface area contributed by atoms with Crippen molar-refractivity contribution in [3.8, 4) is 5.75 Å². The molecule has 8 nitrogen and oxygen atoms in total. The fraction of sp³-hybridized carbons (Fsp3) is 0.417. The Morgan fingerprint density at radius 3 is 2.71 bits per heavy atom. The third kappa shape index (κ3) is 3.99. The maximum atomic E-state index is 12.2. The topological polar surface area (TPSA) is 110 Å². The Morgan fingerprint density at radius 2 is 2.14 bits per heavy atom. The predicted molar refractivity (Wildman–Crippen MR) is 75.1 cm³/mol. The maximum Gasteiger partial charge on any atom is 0.240 e. The lowest BCUT2D eigenvalue weighted by Crippen LogP contribution is -2.24. The summed E-state index contributed by atoms with van der Waals surface area (Å²) in [6, 6.07) is 4.72. The van der Waals surface area contributed by atoms with Gasteiger partial charge in [-0.05, 0) is 44.5 Å². The van der Waals surface area contributed by atoms with Crippen LogP contribution in [0.3, 0.4) is 0 Å². The number of nitrogens with zero attached hydrogens (tertiary/aromatic N) is 3. The van der Waals surface area contributed by atoms with E-state index in [1.165, 1.54) is 6.07 Å². The van der Waals surface area contributed by atoms with E-state index in [1.54, 1.807) is 19.1 Å². The minimum atomic E-state index is -3.63. The molecule has 2 aromatic rings. The van der Waals surface area contributed by atoms with Crippen LogP contribution in [-0.4, -0.2) is 35.1 Å². The second kappa shape index (κ2) is 6.19. The number of tetrazole rings is 1. The van der Waals surface area contributed by atoms with Crippen LogP contribution in [0.4, 0.5) is 0 Å². The van der Waals surface area contributed by atoms with Crippen molar-refractivity contribution < 1.29 is 13.2 Å². The zero-order valence-corrected chi connectivity index (χ0v) is 12.8. The first kappa shape index (κ1) is 15.4. The van der Waals surface area contributed by atoms with Crippen molar-refractivity contribution >= 4 is 10.0 Å². The molecule has 0 bridgehead atoms. The van der Waals surface area contributed by atoms with E-state index >= 15 is 0 Å². The molecule has 0 saturated heterocycles.